The van der Waals surface area contributed by atoms with Crippen molar-refractivity contribution in [3.63, 3.8) is 0 Å². The smallest absolute Gasteiger partial charge is 0.320 e. The van der Waals surface area contributed by atoms with Crippen LogP contribution >= 0.6 is 0 Å². The van der Waals surface area contributed by atoms with Gasteiger partial charge in [-0.25, -0.2) is 0 Å². The lowest BCUT2D eigenvalue weighted by molar-refractivity contribution is -0.144. The number of carbonyl (C=O) groups is 1. The molecule has 1 unspecified atom stereocenters. The number of rotatable bonds is 2. The Labute approximate surface area is 79.7 Å². The van der Waals surface area contributed by atoms with E-state index < -0.39 is 5.97 Å². The predicted octanol–water partition coefficient (Wildman–Crippen LogP) is 1.72. The third-order valence-electron chi connectivity index (χ3n) is 2.74. The monoisotopic (exact) mass is 185 g/mol. The fraction of sp³-hybridized carbons (Fsp3) is 0.900. The zero-order valence-corrected chi connectivity index (χ0v) is 8.49. The second kappa shape index (κ2) is 4.61. The van der Waals surface area contributed by atoms with Crippen LogP contribution in [0.15, 0.2) is 0 Å². The minimum Gasteiger partial charge on any atom is -0.480 e. The van der Waals surface area contributed by atoms with Gasteiger partial charge in [-0.1, -0.05) is 12.8 Å². The van der Waals surface area contributed by atoms with Crippen LogP contribution in [0, 0.1) is 0 Å². The van der Waals surface area contributed by atoms with Crippen molar-refractivity contribution in [2.75, 3.05) is 6.54 Å². The maximum atomic E-state index is 11.0. The first-order valence-electron chi connectivity index (χ1n) is 5.11. The first kappa shape index (κ1) is 10.5. The SMILES string of the molecule is CC(C)N1CCCCCC1C(=O)O. The van der Waals surface area contributed by atoms with Crippen LogP contribution in [0.3, 0.4) is 0 Å². The molecule has 0 bridgehead atoms. The summed E-state index contributed by atoms with van der Waals surface area (Å²) in [6.07, 6.45) is 4.18. The summed E-state index contributed by atoms with van der Waals surface area (Å²) >= 11 is 0. The molecule has 1 aliphatic heterocycles. The van der Waals surface area contributed by atoms with Crippen molar-refractivity contribution in [3.8, 4) is 0 Å². The first-order chi connectivity index (χ1) is 6.13. The Morgan fingerprint density at radius 1 is 1.38 bits per heavy atom. The molecule has 0 amide bonds. The number of carboxylic acids is 1. The van der Waals surface area contributed by atoms with E-state index in [9.17, 15) is 4.79 Å². The van der Waals surface area contributed by atoms with Crippen molar-refractivity contribution < 1.29 is 9.90 Å². The van der Waals surface area contributed by atoms with Gasteiger partial charge in [0.15, 0.2) is 0 Å². The standard InChI is InChI=1S/C10H19NO2/c1-8(2)11-7-5-3-4-6-9(11)10(12)13/h8-9H,3-7H2,1-2H3,(H,12,13). The van der Waals surface area contributed by atoms with Crippen LogP contribution in [0.25, 0.3) is 0 Å². The van der Waals surface area contributed by atoms with Gasteiger partial charge in [0, 0.05) is 6.04 Å². The molecule has 13 heavy (non-hydrogen) atoms. The molecule has 0 aromatic rings. The van der Waals surface area contributed by atoms with Gasteiger partial charge in [0.25, 0.3) is 0 Å². The highest BCUT2D eigenvalue weighted by Gasteiger charge is 2.28. The van der Waals surface area contributed by atoms with Crippen molar-refractivity contribution in [1.82, 2.24) is 4.90 Å². The van der Waals surface area contributed by atoms with Gasteiger partial charge in [-0.2, -0.15) is 0 Å². The van der Waals surface area contributed by atoms with Gasteiger partial charge in [0.05, 0.1) is 0 Å². The maximum Gasteiger partial charge on any atom is 0.320 e. The van der Waals surface area contributed by atoms with Gasteiger partial charge in [-0.05, 0) is 33.2 Å². The van der Waals surface area contributed by atoms with E-state index in [-0.39, 0.29) is 6.04 Å². The third-order valence-corrected chi connectivity index (χ3v) is 2.74. The van der Waals surface area contributed by atoms with Gasteiger partial charge >= 0.3 is 5.97 Å². The first-order valence-corrected chi connectivity index (χ1v) is 5.11. The van der Waals surface area contributed by atoms with E-state index in [4.69, 9.17) is 5.11 Å². The zero-order chi connectivity index (χ0) is 9.84. The molecule has 0 aromatic heterocycles. The van der Waals surface area contributed by atoms with Crippen molar-refractivity contribution in [1.29, 1.82) is 0 Å². The Morgan fingerprint density at radius 2 is 2.08 bits per heavy atom. The topological polar surface area (TPSA) is 40.5 Å². The summed E-state index contributed by atoms with van der Waals surface area (Å²) in [4.78, 5) is 13.1. The van der Waals surface area contributed by atoms with Crippen molar-refractivity contribution in [3.05, 3.63) is 0 Å². The predicted molar refractivity (Wildman–Crippen MR) is 51.7 cm³/mol. The van der Waals surface area contributed by atoms with Crippen LogP contribution in [-0.2, 0) is 4.79 Å². The second-order valence-electron chi connectivity index (χ2n) is 4.03. The highest BCUT2D eigenvalue weighted by molar-refractivity contribution is 5.73. The largest absolute Gasteiger partial charge is 0.480 e. The van der Waals surface area contributed by atoms with Crippen molar-refractivity contribution >= 4 is 5.97 Å². The molecule has 1 atom stereocenters. The van der Waals surface area contributed by atoms with Crippen molar-refractivity contribution in [2.24, 2.45) is 0 Å². The molecule has 3 heteroatoms. The summed E-state index contributed by atoms with van der Waals surface area (Å²) in [6, 6.07) is 0.0988. The van der Waals surface area contributed by atoms with Crippen LogP contribution in [0.1, 0.15) is 39.5 Å². The van der Waals surface area contributed by atoms with E-state index in [2.05, 4.69) is 18.7 Å². The van der Waals surface area contributed by atoms with E-state index in [0.717, 1.165) is 25.8 Å². The molecular formula is C10H19NO2. The molecular weight excluding hydrogens is 166 g/mol. The Balaban J connectivity index is 2.66. The van der Waals surface area contributed by atoms with Crippen LogP contribution in [-0.4, -0.2) is 34.6 Å². The number of hydrogen-bond donors (Lipinski definition) is 1. The highest BCUT2D eigenvalue weighted by atomic mass is 16.4. The molecule has 0 radical (unpaired) electrons. The molecule has 1 heterocycles. The van der Waals surface area contributed by atoms with Crippen LogP contribution in [0.2, 0.25) is 0 Å². The quantitative estimate of drug-likeness (QED) is 0.712. The lowest BCUT2D eigenvalue weighted by Gasteiger charge is -2.30. The van der Waals surface area contributed by atoms with E-state index in [1.165, 1.54) is 6.42 Å². The third kappa shape index (κ3) is 2.69. The van der Waals surface area contributed by atoms with E-state index in [1.807, 2.05) is 0 Å². The van der Waals surface area contributed by atoms with E-state index in [0.29, 0.717) is 6.04 Å². The van der Waals surface area contributed by atoms with Gasteiger partial charge in [0.2, 0.25) is 0 Å². The van der Waals surface area contributed by atoms with Gasteiger partial charge in [-0.15, -0.1) is 0 Å². The fourth-order valence-electron chi connectivity index (χ4n) is 2.01. The molecule has 0 aliphatic carbocycles. The Kier molecular flexibility index (Phi) is 3.72. The molecule has 1 saturated heterocycles. The maximum absolute atomic E-state index is 11.0. The fourth-order valence-corrected chi connectivity index (χ4v) is 2.01. The Hall–Kier alpha value is -0.570. The minimum atomic E-state index is -0.657. The Bertz CT molecular complexity index is 180. The molecule has 1 rings (SSSR count). The Morgan fingerprint density at radius 3 is 2.62 bits per heavy atom. The molecule has 1 N–H and O–H groups in total. The number of nitrogens with zero attached hydrogens (tertiary/aromatic N) is 1. The van der Waals surface area contributed by atoms with Crippen molar-refractivity contribution in [2.45, 2.75) is 51.6 Å². The molecule has 1 aliphatic rings. The summed E-state index contributed by atoms with van der Waals surface area (Å²) in [7, 11) is 0. The summed E-state index contributed by atoms with van der Waals surface area (Å²) in [5, 5.41) is 9.04. The molecule has 0 aromatic carbocycles. The average Bonchev–Trinajstić information content (AvgIpc) is 2.27. The van der Waals surface area contributed by atoms with Crippen LogP contribution in [0.5, 0.6) is 0 Å². The van der Waals surface area contributed by atoms with Gasteiger partial charge < -0.3 is 5.11 Å². The molecule has 1 fully saturated rings. The highest BCUT2D eigenvalue weighted by Crippen LogP contribution is 2.19. The summed E-state index contributed by atoms with van der Waals surface area (Å²) in [5.41, 5.74) is 0. The lowest BCUT2D eigenvalue weighted by Crippen LogP contribution is -2.44. The van der Waals surface area contributed by atoms with Gasteiger partial charge in [0.1, 0.15) is 6.04 Å². The molecule has 3 nitrogen and oxygen atoms in total. The average molecular weight is 185 g/mol. The molecule has 76 valence electrons. The minimum absolute atomic E-state index is 0.248. The molecule has 0 spiro atoms. The number of carboxylic acid groups (broad SMARTS) is 1. The lowest BCUT2D eigenvalue weighted by atomic mass is 10.1. The van der Waals surface area contributed by atoms with Crippen LogP contribution < -0.4 is 0 Å². The molecule has 0 saturated carbocycles. The number of hydrogen-bond acceptors (Lipinski definition) is 2. The number of aliphatic carboxylic acids is 1. The summed E-state index contributed by atoms with van der Waals surface area (Å²) in [6.45, 7) is 5.08. The van der Waals surface area contributed by atoms with Gasteiger partial charge in [-0.3, -0.25) is 9.69 Å². The zero-order valence-electron chi connectivity index (χ0n) is 8.49. The summed E-state index contributed by atoms with van der Waals surface area (Å²) < 4.78 is 0. The summed E-state index contributed by atoms with van der Waals surface area (Å²) in [5.74, 6) is -0.657. The normalized spacial score (nSPS) is 25.9. The second-order valence-corrected chi connectivity index (χ2v) is 4.03. The van der Waals surface area contributed by atoms with Crippen LogP contribution in [0.4, 0.5) is 0 Å². The van der Waals surface area contributed by atoms with E-state index in [1.54, 1.807) is 0 Å². The van der Waals surface area contributed by atoms with E-state index >= 15 is 0 Å². The number of likely N-dealkylation sites (tertiary alicyclic amines) is 1.